The Labute approximate surface area is 140 Å². The van der Waals surface area contributed by atoms with E-state index in [-0.39, 0.29) is 11.6 Å². The predicted octanol–water partition coefficient (Wildman–Crippen LogP) is 3.78. The van der Waals surface area contributed by atoms with Crippen LogP contribution in [-0.4, -0.2) is 35.0 Å². The zero-order valence-corrected chi connectivity index (χ0v) is 13.0. The number of pyridine rings is 1. The van der Waals surface area contributed by atoms with Crippen LogP contribution >= 0.6 is 0 Å². The molecule has 2 heterocycles. The van der Waals surface area contributed by atoms with E-state index in [0.29, 0.717) is 22.8 Å². The fourth-order valence-electron chi connectivity index (χ4n) is 2.09. The molecule has 3 rings (SSSR count). The molecule has 130 valence electrons. The van der Waals surface area contributed by atoms with Gasteiger partial charge in [0, 0.05) is 18.8 Å². The number of rotatable bonds is 5. The molecule has 0 aliphatic heterocycles. The molecule has 0 spiro atoms. The summed E-state index contributed by atoms with van der Waals surface area (Å²) >= 11 is 0. The molecule has 0 unspecified atom stereocenters. The van der Waals surface area contributed by atoms with Gasteiger partial charge in [-0.25, -0.2) is 4.98 Å². The fourth-order valence-corrected chi connectivity index (χ4v) is 2.09. The van der Waals surface area contributed by atoms with Crippen molar-refractivity contribution in [2.45, 2.75) is 6.18 Å². The molecular weight excluding hydrogens is 337 g/mol. The molecule has 0 radical (unpaired) electrons. The highest BCUT2D eigenvalue weighted by molar-refractivity contribution is 5.70. The molecule has 1 aromatic carbocycles. The largest absolute Gasteiger partial charge is 0.484 e. The number of aromatic nitrogens is 3. The Hall–Kier alpha value is -3.10. The SMILES string of the molecule is CNc1ncccc1-c1noc(-c2ccc(OCC(F)(F)F)cc2)n1. The van der Waals surface area contributed by atoms with Crippen LogP contribution in [0.3, 0.4) is 0 Å². The standard InChI is InChI=1S/C16H13F3N4O2/c1-20-13-12(3-2-8-21-13)14-22-15(25-23-14)10-4-6-11(7-5-10)24-9-16(17,18)19/h2-8H,9H2,1H3,(H,20,21). The maximum Gasteiger partial charge on any atom is 0.422 e. The monoisotopic (exact) mass is 350 g/mol. The zero-order valence-electron chi connectivity index (χ0n) is 13.0. The highest BCUT2D eigenvalue weighted by Gasteiger charge is 2.28. The highest BCUT2D eigenvalue weighted by Crippen LogP contribution is 2.27. The van der Waals surface area contributed by atoms with Gasteiger partial charge in [0.15, 0.2) is 6.61 Å². The quantitative estimate of drug-likeness (QED) is 0.755. The Bertz CT molecular complexity index is 847. The molecule has 25 heavy (non-hydrogen) atoms. The summed E-state index contributed by atoms with van der Waals surface area (Å²) in [5.41, 5.74) is 1.23. The molecule has 2 aromatic heterocycles. The number of hydrogen-bond donors (Lipinski definition) is 1. The van der Waals surface area contributed by atoms with Crippen LogP contribution in [0.4, 0.5) is 19.0 Å². The minimum Gasteiger partial charge on any atom is -0.484 e. The topological polar surface area (TPSA) is 73.1 Å². The Morgan fingerprint density at radius 1 is 1.16 bits per heavy atom. The van der Waals surface area contributed by atoms with Crippen LogP contribution in [0.15, 0.2) is 47.1 Å². The normalized spacial score (nSPS) is 11.4. The third-order valence-corrected chi connectivity index (χ3v) is 3.22. The van der Waals surface area contributed by atoms with Gasteiger partial charge in [-0.3, -0.25) is 0 Å². The van der Waals surface area contributed by atoms with Gasteiger partial charge in [-0.15, -0.1) is 0 Å². The minimum atomic E-state index is -4.38. The van der Waals surface area contributed by atoms with E-state index in [0.717, 1.165) is 0 Å². The smallest absolute Gasteiger partial charge is 0.422 e. The summed E-state index contributed by atoms with van der Waals surface area (Å²) in [5, 5.41) is 6.85. The number of benzene rings is 1. The molecule has 9 heteroatoms. The second-order valence-electron chi connectivity index (χ2n) is 5.00. The minimum absolute atomic E-state index is 0.102. The molecule has 0 amide bonds. The van der Waals surface area contributed by atoms with Crippen LogP contribution in [0.25, 0.3) is 22.8 Å². The van der Waals surface area contributed by atoms with E-state index in [1.54, 1.807) is 37.5 Å². The number of anilines is 1. The second kappa shape index (κ2) is 6.80. The lowest BCUT2D eigenvalue weighted by Crippen LogP contribution is -2.19. The molecule has 1 N–H and O–H groups in total. The number of halogens is 3. The predicted molar refractivity (Wildman–Crippen MR) is 84.1 cm³/mol. The first kappa shape index (κ1) is 16.7. The van der Waals surface area contributed by atoms with Crippen molar-refractivity contribution >= 4 is 5.82 Å². The van der Waals surface area contributed by atoms with Gasteiger partial charge in [0.25, 0.3) is 5.89 Å². The van der Waals surface area contributed by atoms with E-state index in [9.17, 15) is 13.2 Å². The molecule has 0 fully saturated rings. The number of hydrogen-bond acceptors (Lipinski definition) is 6. The molecule has 6 nitrogen and oxygen atoms in total. The number of ether oxygens (including phenoxy) is 1. The van der Waals surface area contributed by atoms with Gasteiger partial charge < -0.3 is 14.6 Å². The van der Waals surface area contributed by atoms with Crippen molar-refractivity contribution in [2.24, 2.45) is 0 Å². The van der Waals surface area contributed by atoms with Crippen molar-refractivity contribution in [2.75, 3.05) is 19.0 Å². The van der Waals surface area contributed by atoms with Gasteiger partial charge in [0.1, 0.15) is 11.6 Å². The number of nitrogens with one attached hydrogen (secondary N) is 1. The van der Waals surface area contributed by atoms with Crippen LogP contribution in [0.2, 0.25) is 0 Å². The average Bonchev–Trinajstić information content (AvgIpc) is 3.09. The molecular formula is C16H13F3N4O2. The molecule has 0 aliphatic rings. The zero-order chi connectivity index (χ0) is 17.9. The summed E-state index contributed by atoms with van der Waals surface area (Å²) in [6.45, 7) is -1.34. The average molecular weight is 350 g/mol. The Morgan fingerprint density at radius 3 is 2.60 bits per heavy atom. The van der Waals surface area contributed by atoms with Crippen LogP contribution in [0.1, 0.15) is 0 Å². The van der Waals surface area contributed by atoms with Gasteiger partial charge in [-0.2, -0.15) is 18.2 Å². The maximum absolute atomic E-state index is 12.1. The summed E-state index contributed by atoms with van der Waals surface area (Å²) in [4.78, 5) is 8.46. The Morgan fingerprint density at radius 2 is 1.92 bits per heavy atom. The van der Waals surface area contributed by atoms with Crippen LogP contribution in [0, 0.1) is 0 Å². The van der Waals surface area contributed by atoms with Crippen LogP contribution < -0.4 is 10.1 Å². The number of nitrogens with zero attached hydrogens (tertiary/aromatic N) is 3. The van der Waals surface area contributed by atoms with Crippen molar-refractivity contribution in [1.29, 1.82) is 0 Å². The molecule has 0 saturated carbocycles. The molecule has 0 bridgehead atoms. The van der Waals surface area contributed by atoms with Crippen molar-refractivity contribution in [1.82, 2.24) is 15.1 Å². The van der Waals surface area contributed by atoms with E-state index in [1.165, 1.54) is 12.1 Å². The lowest BCUT2D eigenvalue weighted by Gasteiger charge is -2.08. The van der Waals surface area contributed by atoms with Gasteiger partial charge >= 0.3 is 6.18 Å². The number of alkyl halides is 3. The van der Waals surface area contributed by atoms with E-state index in [1.807, 2.05) is 0 Å². The third kappa shape index (κ3) is 4.06. The first-order valence-electron chi connectivity index (χ1n) is 7.23. The Kier molecular flexibility index (Phi) is 4.55. The van der Waals surface area contributed by atoms with Gasteiger partial charge in [-0.05, 0) is 36.4 Å². The van der Waals surface area contributed by atoms with Gasteiger partial charge in [0.05, 0.1) is 5.56 Å². The first-order chi connectivity index (χ1) is 12.0. The molecule has 3 aromatic rings. The molecule has 0 atom stereocenters. The van der Waals surface area contributed by atoms with Crippen molar-refractivity contribution in [3.8, 4) is 28.6 Å². The fraction of sp³-hybridized carbons (Fsp3) is 0.188. The van der Waals surface area contributed by atoms with Gasteiger partial charge in [-0.1, -0.05) is 5.16 Å². The van der Waals surface area contributed by atoms with Crippen molar-refractivity contribution in [3.05, 3.63) is 42.6 Å². The van der Waals surface area contributed by atoms with Gasteiger partial charge in [0.2, 0.25) is 5.82 Å². The highest BCUT2D eigenvalue weighted by atomic mass is 19.4. The first-order valence-corrected chi connectivity index (χ1v) is 7.23. The maximum atomic E-state index is 12.1. The van der Waals surface area contributed by atoms with E-state index in [4.69, 9.17) is 4.52 Å². The van der Waals surface area contributed by atoms with Crippen LogP contribution in [-0.2, 0) is 0 Å². The Balaban J connectivity index is 1.78. The summed E-state index contributed by atoms with van der Waals surface area (Å²) in [5.74, 6) is 1.30. The van der Waals surface area contributed by atoms with E-state index < -0.39 is 12.8 Å². The molecule has 0 aliphatic carbocycles. The third-order valence-electron chi connectivity index (χ3n) is 3.22. The van der Waals surface area contributed by atoms with Crippen LogP contribution in [0.5, 0.6) is 5.75 Å². The summed E-state index contributed by atoms with van der Waals surface area (Å²) in [6, 6.07) is 9.46. The van der Waals surface area contributed by atoms with E-state index in [2.05, 4.69) is 25.2 Å². The van der Waals surface area contributed by atoms with Crippen molar-refractivity contribution < 1.29 is 22.4 Å². The lowest BCUT2D eigenvalue weighted by atomic mass is 10.2. The molecule has 0 saturated heterocycles. The van der Waals surface area contributed by atoms with E-state index >= 15 is 0 Å². The summed E-state index contributed by atoms with van der Waals surface area (Å²) in [6.07, 6.45) is -2.75. The van der Waals surface area contributed by atoms with Crippen molar-refractivity contribution in [3.63, 3.8) is 0 Å². The summed E-state index contributed by atoms with van der Waals surface area (Å²) < 4.78 is 46.3. The lowest BCUT2D eigenvalue weighted by molar-refractivity contribution is -0.153. The summed E-state index contributed by atoms with van der Waals surface area (Å²) in [7, 11) is 1.73. The second-order valence-corrected chi connectivity index (χ2v) is 5.00.